The van der Waals surface area contributed by atoms with E-state index in [0.717, 1.165) is 6.42 Å². The van der Waals surface area contributed by atoms with E-state index in [1.54, 1.807) is 0 Å². The third-order valence-electron chi connectivity index (χ3n) is 3.71. The molecule has 0 aromatic carbocycles. The maximum Gasteiger partial charge on any atom is 0.163 e. The first kappa shape index (κ1) is 15.2. The van der Waals surface area contributed by atoms with Crippen LogP contribution < -0.4 is 0 Å². The third kappa shape index (κ3) is 3.91. The van der Waals surface area contributed by atoms with E-state index in [1.165, 1.54) is 19.3 Å². The number of unbranched alkanes of at least 4 members (excludes halogenated alkanes) is 2. The summed E-state index contributed by atoms with van der Waals surface area (Å²) in [6, 6.07) is 0. The molecule has 4 heteroatoms. The Bertz CT molecular complexity index is 301. The molecule has 0 radical (unpaired) electrons. The van der Waals surface area contributed by atoms with Crippen molar-refractivity contribution in [2.24, 2.45) is 0 Å². The molecule has 2 heterocycles. The van der Waals surface area contributed by atoms with Crippen LogP contribution in [-0.2, 0) is 18.9 Å². The third-order valence-corrected chi connectivity index (χ3v) is 3.71. The van der Waals surface area contributed by atoms with Crippen molar-refractivity contribution in [2.75, 3.05) is 6.61 Å². The molecule has 2 rings (SSSR count). The largest absolute Gasteiger partial charge is 0.348 e. The Labute approximate surface area is 116 Å². The molecule has 19 heavy (non-hydrogen) atoms. The summed E-state index contributed by atoms with van der Waals surface area (Å²) in [4.78, 5) is 0. The van der Waals surface area contributed by atoms with Crippen molar-refractivity contribution in [3.63, 3.8) is 0 Å². The molecule has 3 atom stereocenters. The molecule has 0 unspecified atom stereocenters. The molecule has 0 aromatic heterocycles. The van der Waals surface area contributed by atoms with E-state index < -0.39 is 11.6 Å². The molecule has 2 fully saturated rings. The van der Waals surface area contributed by atoms with E-state index in [-0.39, 0.29) is 18.3 Å². The van der Waals surface area contributed by atoms with Crippen LogP contribution in [0, 0.1) is 0 Å². The number of hydrogen-bond acceptors (Lipinski definition) is 4. The van der Waals surface area contributed by atoms with Crippen LogP contribution in [0.2, 0.25) is 0 Å². The van der Waals surface area contributed by atoms with Crippen molar-refractivity contribution < 1.29 is 18.9 Å². The molecule has 0 aliphatic carbocycles. The second kappa shape index (κ2) is 5.68. The van der Waals surface area contributed by atoms with Gasteiger partial charge in [0.1, 0.15) is 12.2 Å². The summed E-state index contributed by atoms with van der Waals surface area (Å²) in [5, 5.41) is 0. The van der Waals surface area contributed by atoms with Crippen molar-refractivity contribution >= 4 is 0 Å². The minimum absolute atomic E-state index is 0.0198. The normalized spacial score (nSPS) is 36.8. The Morgan fingerprint density at radius 3 is 2.26 bits per heavy atom. The van der Waals surface area contributed by atoms with Gasteiger partial charge in [0.25, 0.3) is 0 Å². The van der Waals surface area contributed by atoms with E-state index in [1.807, 2.05) is 27.7 Å². The highest BCUT2D eigenvalue weighted by Crippen LogP contribution is 2.37. The van der Waals surface area contributed by atoms with Gasteiger partial charge >= 0.3 is 0 Å². The summed E-state index contributed by atoms with van der Waals surface area (Å²) < 4.78 is 23.7. The van der Waals surface area contributed by atoms with Gasteiger partial charge in [-0.3, -0.25) is 0 Å². The zero-order chi connectivity index (χ0) is 14.1. The van der Waals surface area contributed by atoms with Crippen LogP contribution in [0.5, 0.6) is 0 Å². The molecular formula is C15H28O4. The fourth-order valence-electron chi connectivity index (χ4n) is 2.87. The zero-order valence-corrected chi connectivity index (χ0v) is 12.9. The monoisotopic (exact) mass is 272 g/mol. The van der Waals surface area contributed by atoms with Gasteiger partial charge in [-0.05, 0) is 34.1 Å². The minimum atomic E-state index is -0.516. The highest BCUT2D eigenvalue weighted by molar-refractivity contribution is 4.90. The maximum atomic E-state index is 6.04. The van der Waals surface area contributed by atoms with Gasteiger partial charge < -0.3 is 18.9 Å². The van der Waals surface area contributed by atoms with Gasteiger partial charge in [-0.2, -0.15) is 0 Å². The molecular weight excluding hydrogens is 244 g/mol. The van der Waals surface area contributed by atoms with Crippen molar-refractivity contribution in [3.05, 3.63) is 0 Å². The van der Waals surface area contributed by atoms with Crippen LogP contribution in [0.1, 0.15) is 60.3 Å². The molecule has 0 saturated carbocycles. The molecule has 0 N–H and O–H groups in total. The lowest BCUT2D eigenvalue weighted by molar-refractivity contribution is -0.174. The molecule has 0 amide bonds. The Morgan fingerprint density at radius 1 is 0.947 bits per heavy atom. The standard InChI is InChI=1S/C15H28O4/c1-6-7-8-9-11-13(19-15(4,5)17-11)12-10-16-14(2,3)18-12/h11-13H,6-10H2,1-5H3/t11-,12+,13-/m0/s1. The van der Waals surface area contributed by atoms with Crippen LogP contribution in [0.25, 0.3) is 0 Å². The molecule has 4 nitrogen and oxygen atoms in total. The van der Waals surface area contributed by atoms with Gasteiger partial charge in [-0.1, -0.05) is 26.2 Å². The van der Waals surface area contributed by atoms with Gasteiger partial charge in [-0.15, -0.1) is 0 Å². The van der Waals surface area contributed by atoms with Crippen LogP contribution in [0.3, 0.4) is 0 Å². The van der Waals surface area contributed by atoms with Gasteiger partial charge in [0.05, 0.1) is 12.7 Å². The zero-order valence-electron chi connectivity index (χ0n) is 12.9. The smallest absolute Gasteiger partial charge is 0.163 e. The Kier molecular flexibility index (Phi) is 4.56. The summed E-state index contributed by atoms with van der Waals surface area (Å²) in [5.41, 5.74) is 0. The summed E-state index contributed by atoms with van der Waals surface area (Å²) >= 11 is 0. The van der Waals surface area contributed by atoms with Crippen LogP contribution in [-0.4, -0.2) is 36.5 Å². The van der Waals surface area contributed by atoms with Crippen molar-refractivity contribution in [1.29, 1.82) is 0 Å². The predicted octanol–water partition coefficient (Wildman–Crippen LogP) is 3.24. The lowest BCUT2D eigenvalue weighted by Gasteiger charge is -2.23. The molecule has 2 aliphatic heterocycles. The Morgan fingerprint density at radius 2 is 1.68 bits per heavy atom. The van der Waals surface area contributed by atoms with Gasteiger partial charge in [0, 0.05) is 0 Å². The number of ether oxygens (including phenoxy) is 4. The summed E-state index contributed by atoms with van der Waals surface area (Å²) in [5.74, 6) is -1.02. The van der Waals surface area contributed by atoms with E-state index in [9.17, 15) is 0 Å². The summed E-state index contributed by atoms with van der Waals surface area (Å²) in [6.45, 7) is 10.6. The maximum absolute atomic E-state index is 6.04. The highest BCUT2D eigenvalue weighted by Gasteiger charge is 2.49. The van der Waals surface area contributed by atoms with Crippen molar-refractivity contribution in [3.8, 4) is 0 Å². The molecule has 0 bridgehead atoms. The lowest BCUT2D eigenvalue weighted by atomic mass is 10.0. The second-order valence-corrected chi connectivity index (χ2v) is 6.50. The SMILES string of the molecule is CCCCC[C@@H]1OC(C)(C)O[C@@H]1[C@H]1COC(C)(C)O1. The molecule has 112 valence electrons. The fourth-order valence-corrected chi connectivity index (χ4v) is 2.87. The van der Waals surface area contributed by atoms with E-state index in [2.05, 4.69) is 6.92 Å². The average molecular weight is 272 g/mol. The number of rotatable bonds is 5. The summed E-state index contributed by atoms with van der Waals surface area (Å²) in [6.07, 6.45) is 4.73. The van der Waals surface area contributed by atoms with E-state index >= 15 is 0 Å². The van der Waals surface area contributed by atoms with Crippen LogP contribution >= 0.6 is 0 Å². The van der Waals surface area contributed by atoms with Gasteiger partial charge in [0.15, 0.2) is 11.6 Å². The fraction of sp³-hybridized carbons (Fsp3) is 1.00. The van der Waals surface area contributed by atoms with Crippen LogP contribution in [0.4, 0.5) is 0 Å². The van der Waals surface area contributed by atoms with Crippen molar-refractivity contribution in [1.82, 2.24) is 0 Å². The topological polar surface area (TPSA) is 36.9 Å². The van der Waals surface area contributed by atoms with E-state index in [4.69, 9.17) is 18.9 Å². The average Bonchev–Trinajstić information content (AvgIpc) is 2.79. The molecule has 2 aliphatic rings. The van der Waals surface area contributed by atoms with Crippen LogP contribution in [0.15, 0.2) is 0 Å². The van der Waals surface area contributed by atoms with Gasteiger partial charge in [-0.25, -0.2) is 0 Å². The Hall–Kier alpha value is -0.160. The first-order chi connectivity index (χ1) is 8.83. The molecule has 0 aromatic rings. The second-order valence-electron chi connectivity index (χ2n) is 6.50. The van der Waals surface area contributed by atoms with Crippen molar-refractivity contribution in [2.45, 2.75) is 90.2 Å². The first-order valence-corrected chi connectivity index (χ1v) is 7.50. The number of hydrogen-bond donors (Lipinski definition) is 0. The summed E-state index contributed by atoms with van der Waals surface area (Å²) in [7, 11) is 0. The molecule has 2 saturated heterocycles. The lowest BCUT2D eigenvalue weighted by Crippen LogP contribution is -2.38. The Balaban J connectivity index is 1.96. The highest BCUT2D eigenvalue weighted by atomic mass is 16.8. The first-order valence-electron chi connectivity index (χ1n) is 7.50. The minimum Gasteiger partial charge on any atom is -0.348 e. The quantitative estimate of drug-likeness (QED) is 0.720. The molecule has 0 spiro atoms. The van der Waals surface area contributed by atoms with Gasteiger partial charge in [0.2, 0.25) is 0 Å². The predicted molar refractivity (Wildman–Crippen MR) is 72.9 cm³/mol. The van der Waals surface area contributed by atoms with E-state index in [0.29, 0.717) is 6.61 Å².